The Morgan fingerprint density at radius 3 is 2.50 bits per heavy atom. The van der Waals surface area contributed by atoms with Crippen molar-refractivity contribution in [2.24, 2.45) is 0 Å². The number of aliphatic hydroxyl groups excluding tert-OH is 1. The van der Waals surface area contributed by atoms with E-state index in [2.05, 4.69) is 5.32 Å². The average molecular weight is 259 g/mol. The zero-order chi connectivity index (χ0) is 13.7. The van der Waals surface area contributed by atoms with Gasteiger partial charge in [-0.2, -0.15) is 0 Å². The predicted octanol–water partition coefficient (Wildman–Crippen LogP) is 0.0690. The average Bonchev–Trinajstić information content (AvgIpc) is 2.30. The molecule has 3 N–H and O–H groups in total. The first-order chi connectivity index (χ1) is 8.40. The van der Waals surface area contributed by atoms with E-state index in [0.29, 0.717) is 0 Å². The Morgan fingerprint density at radius 2 is 1.94 bits per heavy atom. The van der Waals surface area contributed by atoms with Crippen molar-refractivity contribution in [3.63, 3.8) is 0 Å². The number of rotatable bonds is 5. The second kappa shape index (κ2) is 6.06. The molecule has 0 aliphatic heterocycles. The van der Waals surface area contributed by atoms with Crippen LogP contribution in [0.5, 0.6) is 0 Å². The summed E-state index contributed by atoms with van der Waals surface area (Å²) in [7, 11) is 0. The maximum Gasteiger partial charge on any atom is 0.334 e. The number of nitrogens with one attached hydrogen (secondary N) is 1. The molecule has 1 atom stereocenters. The van der Waals surface area contributed by atoms with Crippen LogP contribution in [0.2, 0.25) is 0 Å². The van der Waals surface area contributed by atoms with Crippen LogP contribution in [0.15, 0.2) is 18.2 Å². The van der Waals surface area contributed by atoms with Crippen LogP contribution in [0.3, 0.4) is 0 Å². The van der Waals surface area contributed by atoms with Gasteiger partial charge in [-0.3, -0.25) is 4.79 Å². The van der Waals surface area contributed by atoms with Gasteiger partial charge in [0.1, 0.15) is 0 Å². The van der Waals surface area contributed by atoms with Gasteiger partial charge >= 0.3 is 5.97 Å². The zero-order valence-corrected chi connectivity index (χ0v) is 9.19. The molecule has 7 heteroatoms. The van der Waals surface area contributed by atoms with Crippen molar-refractivity contribution in [2.75, 3.05) is 6.54 Å². The Hall–Kier alpha value is -2.02. The fraction of sp³-hybridized carbons (Fsp3) is 0.273. The number of carbonyl (C=O) groups excluding carboxylic acids is 1. The summed E-state index contributed by atoms with van der Waals surface area (Å²) >= 11 is 0. The minimum atomic E-state index is -1.70. The Labute approximate surface area is 101 Å². The molecular weight excluding hydrogens is 248 g/mol. The van der Waals surface area contributed by atoms with E-state index in [4.69, 9.17) is 10.2 Å². The van der Waals surface area contributed by atoms with Crippen molar-refractivity contribution in [3.05, 3.63) is 35.4 Å². The smallest absolute Gasteiger partial charge is 0.334 e. The van der Waals surface area contributed by atoms with Crippen LogP contribution in [0, 0.1) is 11.6 Å². The third-order valence-electron chi connectivity index (χ3n) is 2.13. The highest BCUT2D eigenvalue weighted by molar-refractivity contribution is 5.79. The van der Waals surface area contributed by atoms with Crippen LogP contribution in [-0.2, 0) is 16.0 Å². The van der Waals surface area contributed by atoms with Crippen molar-refractivity contribution < 1.29 is 28.6 Å². The third kappa shape index (κ3) is 4.10. The lowest BCUT2D eigenvalue weighted by atomic mass is 10.1. The van der Waals surface area contributed by atoms with Gasteiger partial charge in [-0.1, -0.05) is 6.07 Å². The van der Waals surface area contributed by atoms with Crippen LogP contribution in [-0.4, -0.2) is 34.7 Å². The standard InChI is InChI=1S/C11H11F2NO4/c12-7-2-1-6(3-8(7)13)4-10(16)14-5-9(15)11(17)18/h1-3,9,15H,4-5H2,(H,14,16)(H,17,18). The van der Waals surface area contributed by atoms with Gasteiger partial charge in [0.25, 0.3) is 0 Å². The fourth-order valence-corrected chi connectivity index (χ4v) is 1.20. The number of aliphatic hydroxyl groups is 1. The van der Waals surface area contributed by atoms with Crippen LogP contribution >= 0.6 is 0 Å². The number of amides is 1. The van der Waals surface area contributed by atoms with Crippen LogP contribution in [0.25, 0.3) is 0 Å². The molecule has 1 rings (SSSR count). The molecule has 98 valence electrons. The van der Waals surface area contributed by atoms with E-state index in [9.17, 15) is 18.4 Å². The highest BCUT2D eigenvalue weighted by Gasteiger charge is 2.14. The minimum absolute atomic E-state index is 0.233. The van der Waals surface area contributed by atoms with E-state index in [1.54, 1.807) is 0 Å². The Morgan fingerprint density at radius 1 is 1.28 bits per heavy atom. The molecule has 18 heavy (non-hydrogen) atoms. The molecule has 0 saturated heterocycles. The van der Waals surface area contributed by atoms with Crippen molar-refractivity contribution in [1.82, 2.24) is 5.32 Å². The number of benzene rings is 1. The molecule has 0 aromatic heterocycles. The van der Waals surface area contributed by atoms with Crippen molar-refractivity contribution in [3.8, 4) is 0 Å². The number of halogens is 2. The maximum atomic E-state index is 12.8. The number of carbonyl (C=O) groups is 2. The number of carboxylic acids is 1. The highest BCUT2D eigenvalue weighted by Crippen LogP contribution is 2.09. The molecule has 0 aliphatic carbocycles. The number of hydrogen-bond acceptors (Lipinski definition) is 3. The van der Waals surface area contributed by atoms with Gasteiger partial charge in [0, 0.05) is 0 Å². The molecule has 1 amide bonds. The van der Waals surface area contributed by atoms with E-state index in [0.717, 1.165) is 12.1 Å². The summed E-state index contributed by atoms with van der Waals surface area (Å²) in [5.41, 5.74) is 0.246. The molecule has 0 aliphatic rings. The summed E-state index contributed by atoms with van der Waals surface area (Å²) in [4.78, 5) is 21.6. The molecule has 0 spiro atoms. The molecule has 1 aromatic carbocycles. The van der Waals surface area contributed by atoms with Gasteiger partial charge < -0.3 is 15.5 Å². The molecular formula is C11H11F2NO4. The first kappa shape index (κ1) is 14.0. The molecule has 0 saturated carbocycles. The lowest BCUT2D eigenvalue weighted by molar-refractivity contribution is -0.146. The second-order valence-electron chi connectivity index (χ2n) is 3.58. The fourth-order valence-electron chi connectivity index (χ4n) is 1.20. The largest absolute Gasteiger partial charge is 0.479 e. The van der Waals surface area contributed by atoms with Gasteiger partial charge in [-0.05, 0) is 17.7 Å². The summed E-state index contributed by atoms with van der Waals surface area (Å²) in [6.07, 6.45) is -1.93. The van der Waals surface area contributed by atoms with Gasteiger partial charge in [-0.15, -0.1) is 0 Å². The molecule has 0 bridgehead atoms. The van der Waals surface area contributed by atoms with E-state index in [1.807, 2.05) is 0 Å². The van der Waals surface area contributed by atoms with Gasteiger partial charge in [0.2, 0.25) is 5.91 Å². The third-order valence-corrected chi connectivity index (χ3v) is 2.13. The Kier molecular flexibility index (Phi) is 4.73. The number of aliphatic carboxylic acids is 1. The first-order valence-electron chi connectivity index (χ1n) is 5.01. The molecule has 0 heterocycles. The van der Waals surface area contributed by atoms with E-state index in [1.165, 1.54) is 6.07 Å². The Bertz CT molecular complexity index is 464. The van der Waals surface area contributed by atoms with Crippen LogP contribution in [0.4, 0.5) is 8.78 Å². The lowest BCUT2D eigenvalue weighted by Gasteiger charge is -2.07. The number of hydrogen-bond donors (Lipinski definition) is 3. The molecule has 0 fully saturated rings. The normalized spacial score (nSPS) is 11.9. The van der Waals surface area contributed by atoms with Crippen LogP contribution < -0.4 is 5.32 Å². The summed E-state index contributed by atoms with van der Waals surface area (Å²) in [5, 5.41) is 19.4. The van der Waals surface area contributed by atoms with Crippen molar-refractivity contribution in [2.45, 2.75) is 12.5 Å². The quantitative estimate of drug-likeness (QED) is 0.698. The first-order valence-corrected chi connectivity index (χ1v) is 5.01. The van der Waals surface area contributed by atoms with Crippen molar-refractivity contribution in [1.29, 1.82) is 0 Å². The lowest BCUT2D eigenvalue weighted by Crippen LogP contribution is -2.37. The summed E-state index contributed by atoms with van der Waals surface area (Å²) in [6, 6.07) is 3.01. The Balaban J connectivity index is 2.49. The van der Waals surface area contributed by atoms with Gasteiger partial charge in [0.15, 0.2) is 17.7 Å². The maximum absolute atomic E-state index is 12.8. The topological polar surface area (TPSA) is 86.6 Å². The highest BCUT2D eigenvalue weighted by atomic mass is 19.2. The van der Waals surface area contributed by atoms with Crippen molar-refractivity contribution >= 4 is 11.9 Å². The van der Waals surface area contributed by atoms with Gasteiger partial charge in [0.05, 0.1) is 13.0 Å². The SMILES string of the molecule is O=C(Cc1ccc(F)c(F)c1)NCC(O)C(=O)O. The number of carboxylic acid groups (broad SMARTS) is 1. The van der Waals surface area contributed by atoms with E-state index >= 15 is 0 Å². The monoisotopic (exact) mass is 259 g/mol. The molecule has 5 nitrogen and oxygen atoms in total. The van der Waals surface area contributed by atoms with Gasteiger partial charge in [-0.25, -0.2) is 13.6 Å². The second-order valence-corrected chi connectivity index (χ2v) is 3.58. The predicted molar refractivity (Wildman–Crippen MR) is 56.7 cm³/mol. The molecule has 1 unspecified atom stereocenters. The molecule has 0 radical (unpaired) electrons. The molecule has 1 aromatic rings. The summed E-state index contributed by atoms with van der Waals surface area (Å²) < 4.78 is 25.4. The van der Waals surface area contributed by atoms with Crippen LogP contribution in [0.1, 0.15) is 5.56 Å². The zero-order valence-electron chi connectivity index (χ0n) is 9.19. The minimum Gasteiger partial charge on any atom is -0.479 e. The summed E-state index contributed by atoms with van der Waals surface area (Å²) in [5.74, 6) is -4.13. The van der Waals surface area contributed by atoms with E-state index in [-0.39, 0.29) is 12.0 Å². The van der Waals surface area contributed by atoms with E-state index < -0.39 is 36.2 Å². The summed E-state index contributed by atoms with van der Waals surface area (Å²) in [6.45, 7) is -0.447.